The van der Waals surface area contributed by atoms with E-state index in [0.29, 0.717) is 0 Å². The summed E-state index contributed by atoms with van der Waals surface area (Å²) in [6.45, 7) is 0. The third-order valence-corrected chi connectivity index (χ3v) is 1.79. The molecule has 0 radical (unpaired) electrons. The standard InChI is InChI=1S/C8H6F5NO/c1-14-8(15)2-3(9)5(11)7(13)6(12)4(2)10/h8,14-15H,1H3. The van der Waals surface area contributed by atoms with Crippen molar-refractivity contribution in [2.75, 3.05) is 7.05 Å². The molecule has 1 rings (SSSR count). The van der Waals surface area contributed by atoms with Crippen LogP contribution in [0.5, 0.6) is 0 Å². The minimum absolute atomic E-state index is 1.10. The predicted molar refractivity (Wildman–Crippen MR) is 40.3 cm³/mol. The first-order chi connectivity index (χ1) is 6.91. The molecule has 0 heterocycles. The molecule has 0 amide bonds. The summed E-state index contributed by atoms with van der Waals surface area (Å²) >= 11 is 0. The summed E-state index contributed by atoms with van der Waals surface area (Å²) in [4.78, 5) is 0. The molecule has 0 bridgehead atoms. The van der Waals surface area contributed by atoms with Gasteiger partial charge < -0.3 is 5.11 Å². The van der Waals surface area contributed by atoms with E-state index in [1.165, 1.54) is 0 Å². The quantitative estimate of drug-likeness (QED) is 0.348. The van der Waals surface area contributed by atoms with Crippen molar-refractivity contribution >= 4 is 0 Å². The van der Waals surface area contributed by atoms with Crippen molar-refractivity contribution < 1.29 is 27.1 Å². The molecule has 84 valence electrons. The van der Waals surface area contributed by atoms with Gasteiger partial charge in [-0.3, -0.25) is 5.32 Å². The van der Waals surface area contributed by atoms with Crippen molar-refractivity contribution in [2.45, 2.75) is 6.23 Å². The highest BCUT2D eigenvalue weighted by Gasteiger charge is 2.28. The average Bonchev–Trinajstić information content (AvgIpc) is 2.23. The van der Waals surface area contributed by atoms with Gasteiger partial charge in [-0.15, -0.1) is 0 Å². The van der Waals surface area contributed by atoms with Gasteiger partial charge in [-0.1, -0.05) is 0 Å². The van der Waals surface area contributed by atoms with Crippen LogP contribution in [0.25, 0.3) is 0 Å². The van der Waals surface area contributed by atoms with Gasteiger partial charge in [-0.05, 0) is 7.05 Å². The maximum Gasteiger partial charge on any atom is 0.200 e. The minimum atomic E-state index is -2.25. The molecule has 15 heavy (non-hydrogen) atoms. The number of rotatable bonds is 2. The Labute approximate surface area is 81.3 Å². The van der Waals surface area contributed by atoms with Gasteiger partial charge in [-0.25, -0.2) is 22.0 Å². The van der Waals surface area contributed by atoms with Crippen LogP contribution in [0.15, 0.2) is 0 Å². The fourth-order valence-electron chi connectivity index (χ4n) is 1.01. The fourth-order valence-corrected chi connectivity index (χ4v) is 1.01. The van der Waals surface area contributed by atoms with Gasteiger partial charge in [0.05, 0.1) is 5.56 Å². The summed E-state index contributed by atoms with van der Waals surface area (Å²) in [5.41, 5.74) is -1.30. The number of aliphatic hydroxyl groups is 1. The van der Waals surface area contributed by atoms with E-state index < -0.39 is 40.9 Å². The molecule has 0 saturated carbocycles. The minimum Gasteiger partial charge on any atom is -0.374 e. The highest BCUT2D eigenvalue weighted by atomic mass is 19.2. The number of nitrogens with one attached hydrogen (secondary N) is 1. The third-order valence-electron chi connectivity index (χ3n) is 1.79. The van der Waals surface area contributed by atoms with Crippen molar-refractivity contribution in [1.29, 1.82) is 0 Å². The molecule has 0 aliphatic rings. The molecule has 0 aromatic heterocycles. The van der Waals surface area contributed by atoms with Gasteiger partial charge in [0.15, 0.2) is 23.3 Å². The molecule has 2 N–H and O–H groups in total. The zero-order chi connectivity index (χ0) is 11.7. The lowest BCUT2D eigenvalue weighted by molar-refractivity contribution is 0.136. The third kappa shape index (κ3) is 1.80. The Morgan fingerprint density at radius 1 is 0.867 bits per heavy atom. The number of hydrogen-bond donors (Lipinski definition) is 2. The van der Waals surface area contributed by atoms with E-state index in [9.17, 15) is 22.0 Å². The molecule has 1 aromatic carbocycles. The van der Waals surface area contributed by atoms with Crippen LogP contribution in [0.4, 0.5) is 22.0 Å². The first-order valence-electron chi connectivity index (χ1n) is 3.78. The van der Waals surface area contributed by atoms with Crippen LogP contribution in [0, 0.1) is 29.1 Å². The first-order valence-corrected chi connectivity index (χ1v) is 3.78. The molecule has 0 saturated heterocycles. The van der Waals surface area contributed by atoms with Crippen molar-refractivity contribution in [2.24, 2.45) is 0 Å². The second kappa shape index (κ2) is 4.11. The van der Waals surface area contributed by atoms with E-state index in [1.807, 2.05) is 5.32 Å². The molecule has 0 spiro atoms. The summed E-state index contributed by atoms with van der Waals surface area (Å²) in [7, 11) is 1.10. The van der Waals surface area contributed by atoms with E-state index in [2.05, 4.69) is 0 Å². The predicted octanol–water partition coefficient (Wildman–Crippen LogP) is 1.59. The van der Waals surface area contributed by atoms with Crippen LogP contribution in [0.3, 0.4) is 0 Å². The fraction of sp³-hybridized carbons (Fsp3) is 0.250. The maximum atomic E-state index is 12.9. The molecule has 2 nitrogen and oxygen atoms in total. The molecule has 7 heteroatoms. The Hall–Kier alpha value is -1.21. The molecular weight excluding hydrogens is 221 g/mol. The highest BCUT2D eigenvalue weighted by Crippen LogP contribution is 2.26. The lowest BCUT2D eigenvalue weighted by Gasteiger charge is -2.13. The zero-order valence-corrected chi connectivity index (χ0v) is 7.41. The topological polar surface area (TPSA) is 32.3 Å². The molecular formula is C8H6F5NO. The van der Waals surface area contributed by atoms with Crippen LogP contribution >= 0.6 is 0 Å². The van der Waals surface area contributed by atoms with Crippen LogP contribution in [-0.4, -0.2) is 12.2 Å². The van der Waals surface area contributed by atoms with E-state index >= 15 is 0 Å². The number of hydrogen-bond acceptors (Lipinski definition) is 2. The number of benzene rings is 1. The Morgan fingerprint density at radius 3 is 1.53 bits per heavy atom. The number of halogens is 5. The lowest BCUT2D eigenvalue weighted by Crippen LogP contribution is -2.21. The summed E-state index contributed by atoms with van der Waals surface area (Å²) in [6, 6.07) is 0. The summed E-state index contributed by atoms with van der Waals surface area (Å²) < 4.78 is 63.6. The van der Waals surface area contributed by atoms with Crippen LogP contribution in [-0.2, 0) is 0 Å². The second-order valence-corrected chi connectivity index (χ2v) is 2.67. The van der Waals surface area contributed by atoms with Gasteiger partial charge in [0.1, 0.15) is 6.23 Å². The smallest absolute Gasteiger partial charge is 0.200 e. The van der Waals surface area contributed by atoms with E-state index in [4.69, 9.17) is 5.11 Å². The SMILES string of the molecule is CNC(O)c1c(F)c(F)c(F)c(F)c1F. The van der Waals surface area contributed by atoms with Crippen LogP contribution in [0.1, 0.15) is 11.8 Å². The molecule has 1 aromatic rings. The largest absolute Gasteiger partial charge is 0.374 e. The molecule has 1 atom stereocenters. The average molecular weight is 227 g/mol. The van der Waals surface area contributed by atoms with Crippen LogP contribution < -0.4 is 5.32 Å². The summed E-state index contributed by atoms with van der Waals surface area (Å²) in [5.74, 6) is -10.5. The second-order valence-electron chi connectivity index (χ2n) is 2.67. The zero-order valence-electron chi connectivity index (χ0n) is 7.41. The van der Waals surface area contributed by atoms with Gasteiger partial charge in [0.25, 0.3) is 0 Å². The Kier molecular flexibility index (Phi) is 3.25. The summed E-state index contributed by atoms with van der Waals surface area (Å²) in [5, 5.41) is 10.9. The Morgan fingerprint density at radius 2 is 1.20 bits per heavy atom. The Balaban J connectivity index is 3.52. The van der Waals surface area contributed by atoms with Gasteiger partial charge in [0.2, 0.25) is 5.82 Å². The van der Waals surface area contributed by atoms with Crippen molar-refractivity contribution in [3.63, 3.8) is 0 Å². The molecule has 0 aliphatic carbocycles. The first kappa shape index (κ1) is 11.9. The van der Waals surface area contributed by atoms with Crippen LogP contribution in [0.2, 0.25) is 0 Å². The summed E-state index contributed by atoms with van der Waals surface area (Å²) in [6.07, 6.45) is -1.96. The maximum absolute atomic E-state index is 12.9. The normalized spacial score (nSPS) is 13.0. The van der Waals surface area contributed by atoms with Crippen molar-refractivity contribution in [3.8, 4) is 0 Å². The van der Waals surface area contributed by atoms with E-state index in [-0.39, 0.29) is 0 Å². The molecule has 1 unspecified atom stereocenters. The van der Waals surface area contributed by atoms with Crippen molar-refractivity contribution in [3.05, 3.63) is 34.6 Å². The Bertz CT molecular complexity index is 366. The van der Waals surface area contributed by atoms with Gasteiger partial charge >= 0.3 is 0 Å². The number of aliphatic hydroxyl groups excluding tert-OH is 1. The monoisotopic (exact) mass is 227 g/mol. The van der Waals surface area contributed by atoms with Gasteiger partial charge in [-0.2, -0.15) is 0 Å². The van der Waals surface area contributed by atoms with Crippen molar-refractivity contribution in [1.82, 2.24) is 5.32 Å². The lowest BCUT2D eigenvalue weighted by atomic mass is 10.1. The van der Waals surface area contributed by atoms with E-state index in [1.54, 1.807) is 0 Å². The molecule has 0 fully saturated rings. The van der Waals surface area contributed by atoms with E-state index in [0.717, 1.165) is 7.05 Å². The van der Waals surface area contributed by atoms with Gasteiger partial charge in [0, 0.05) is 0 Å². The molecule has 0 aliphatic heterocycles. The highest BCUT2D eigenvalue weighted by molar-refractivity contribution is 5.25.